The molecule has 0 aliphatic carbocycles. The van der Waals surface area contributed by atoms with Crippen LogP contribution in [0.2, 0.25) is 0 Å². The summed E-state index contributed by atoms with van der Waals surface area (Å²) in [5.74, 6) is -0.203. The number of pyridine rings is 1. The van der Waals surface area contributed by atoms with Crippen LogP contribution < -0.4 is 5.32 Å². The van der Waals surface area contributed by atoms with E-state index >= 15 is 0 Å². The van der Waals surface area contributed by atoms with Crippen molar-refractivity contribution in [3.63, 3.8) is 0 Å². The van der Waals surface area contributed by atoms with Crippen LogP contribution >= 0.6 is 0 Å². The molecule has 0 atom stereocenters. The minimum atomic E-state index is -4.48. The number of nitrogens with one attached hydrogen (secondary N) is 1. The highest BCUT2D eigenvalue weighted by Gasteiger charge is 2.37. The van der Waals surface area contributed by atoms with Gasteiger partial charge in [-0.2, -0.15) is 13.2 Å². The number of hydrogen-bond donors (Lipinski definition) is 1. The molecule has 2 fully saturated rings. The molecule has 3 heterocycles. The Balaban J connectivity index is 1.61. The number of ether oxygens (including phenoxy) is 1. The minimum absolute atomic E-state index is 0.203. The first-order chi connectivity index (χ1) is 12.3. The van der Waals surface area contributed by atoms with Crippen LogP contribution in [0.5, 0.6) is 0 Å². The van der Waals surface area contributed by atoms with Gasteiger partial charge in [-0.1, -0.05) is 0 Å². The van der Waals surface area contributed by atoms with Crippen molar-refractivity contribution in [2.24, 2.45) is 0 Å². The summed E-state index contributed by atoms with van der Waals surface area (Å²) in [5.41, 5.74) is -0.808. The Hall–Kier alpha value is -1.39. The molecule has 0 bridgehead atoms. The van der Waals surface area contributed by atoms with Gasteiger partial charge in [-0.05, 0) is 37.8 Å². The standard InChI is InChI=1S/C16H22F3N3O3S/c17-16(18,19)14-2-1-7-20-15(14)21-12-3-8-22(9-4-12)26(23,24)13-5-10-25-11-6-13/h1-2,7,12-13H,3-6,8-11H2,(H,20,21). The van der Waals surface area contributed by atoms with Gasteiger partial charge in [0.25, 0.3) is 0 Å². The van der Waals surface area contributed by atoms with Crippen molar-refractivity contribution in [3.05, 3.63) is 23.9 Å². The lowest BCUT2D eigenvalue weighted by atomic mass is 10.1. The summed E-state index contributed by atoms with van der Waals surface area (Å²) in [7, 11) is -3.38. The smallest absolute Gasteiger partial charge is 0.381 e. The van der Waals surface area contributed by atoms with Gasteiger partial charge < -0.3 is 10.1 Å². The van der Waals surface area contributed by atoms with Crippen LogP contribution in [0.1, 0.15) is 31.2 Å². The van der Waals surface area contributed by atoms with Gasteiger partial charge in [0.15, 0.2) is 0 Å². The summed E-state index contributed by atoms with van der Waals surface area (Å²) < 4.78 is 71.2. The molecule has 0 spiro atoms. The molecule has 2 aliphatic heterocycles. The second-order valence-corrected chi connectivity index (χ2v) is 8.78. The van der Waals surface area contributed by atoms with Crippen LogP contribution in [0.15, 0.2) is 18.3 Å². The highest BCUT2D eigenvalue weighted by Crippen LogP contribution is 2.34. The van der Waals surface area contributed by atoms with Gasteiger partial charge in [-0.15, -0.1) is 0 Å². The van der Waals surface area contributed by atoms with E-state index in [0.717, 1.165) is 6.07 Å². The number of anilines is 1. The maximum absolute atomic E-state index is 13.0. The fourth-order valence-electron chi connectivity index (χ4n) is 3.38. The van der Waals surface area contributed by atoms with Crippen molar-refractivity contribution in [1.82, 2.24) is 9.29 Å². The molecule has 3 rings (SSSR count). The Morgan fingerprint density at radius 3 is 2.42 bits per heavy atom. The number of halogens is 3. The molecule has 6 nitrogen and oxygen atoms in total. The lowest BCUT2D eigenvalue weighted by Crippen LogP contribution is -2.47. The topological polar surface area (TPSA) is 71.5 Å². The number of hydrogen-bond acceptors (Lipinski definition) is 5. The van der Waals surface area contributed by atoms with Crippen LogP contribution in [0.25, 0.3) is 0 Å². The van der Waals surface area contributed by atoms with Crippen molar-refractivity contribution in [1.29, 1.82) is 0 Å². The van der Waals surface area contributed by atoms with Gasteiger partial charge in [0, 0.05) is 38.5 Å². The Kier molecular flexibility index (Phi) is 5.73. The Labute approximate surface area is 150 Å². The molecule has 0 aromatic carbocycles. The molecule has 26 heavy (non-hydrogen) atoms. The molecule has 0 radical (unpaired) electrons. The largest absolute Gasteiger partial charge is 0.419 e. The first-order valence-electron chi connectivity index (χ1n) is 8.64. The van der Waals surface area contributed by atoms with E-state index in [1.54, 1.807) is 0 Å². The summed E-state index contributed by atoms with van der Waals surface area (Å²) in [6.45, 7) is 1.49. The predicted octanol–water partition coefficient (Wildman–Crippen LogP) is 2.49. The van der Waals surface area contributed by atoms with Crippen LogP contribution in [-0.2, 0) is 20.9 Å². The number of sulfonamides is 1. The third-order valence-electron chi connectivity index (χ3n) is 4.86. The first kappa shape index (κ1) is 19.4. The molecule has 1 aromatic heterocycles. The second-order valence-electron chi connectivity index (χ2n) is 6.57. The Morgan fingerprint density at radius 2 is 1.81 bits per heavy atom. The molecular weight excluding hydrogens is 371 g/mol. The quantitative estimate of drug-likeness (QED) is 0.851. The summed E-state index contributed by atoms with van der Waals surface area (Å²) >= 11 is 0. The van der Waals surface area contributed by atoms with E-state index in [1.165, 1.54) is 16.6 Å². The molecule has 2 aliphatic rings. The molecule has 1 aromatic rings. The average Bonchev–Trinajstić information content (AvgIpc) is 2.62. The maximum Gasteiger partial charge on any atom is 0.419 e. The normalized spacial score (nSPS) is 21.7. The third-order valence-corrected chi connectivity index (χ3v) is 7.26. The van der Waals surface area contributed by atoms with Crippen molar-refractivity contribution >= 4 is 15.8 Å². The van der Waals surface area contributed by atoms with Gasteiger partial charge in [0.2, 0.25) is 10.0 Å². The van der Waals surface area contributed by atoms with Crippen LogP contribution in [0.3, 0.4) is 0 Å². The van der Waals surface area contributed by atoms with E-state index in [2.05, 4.69) is 10.3 Å². The fraction of sp³-hybridized carbons (Fsp3) is 0.688. The van der Waals surface area contributed by atoms with Gasteiger partial charge in [0.05, 0.1) is 10.8 Å². The van der Waals surface area contributed by atoms with Crippen molar-refractivity contribution in [2.75, 3.05) is 31.6 Å². The molecule has 146 valence electrons. The van der Waals surface area contributed by atoms with Crippen LogP contribution in [0.4, 0.5) is 19.0 Å². The lowest BCUT2D eigenvalue weighted by molar-refractivity contribution is -0.137. The number of piperidine rings is 1. The molecule has 0 saturated carbocycles. The molecular formula is C16H22F3N3O3S. The van der Waals surface area contributed by atoms with Gasteiger partial charge in [-0.25, -0.2) is 17.7 Å². The lowest BCUT2D eigenvalue weighted by Gasteiger charge is -2.35. The van der Waals surface area contributed by atoms with Crippen LogP contribution in [-0.4, -0.2) is 55.3 Å². The maximum atomic E-state index is 13.0. The molecule has 0 amide bonds. The third kappa shape index (κ3) is 4.29. The Morgan fingerprint density at radius 1 is 1.15 bits per heavy atom. The molecule has 10 heteroatoms. The van der Waals surface area contributed by atoms with Crippen molar-refractivity contribution < 1.29 is 26.3 Å². The van der Waals surface area contributed by atoms with Crippen LogP contribution in [0, 0.1) is 0 Å². The molecule has 0 unspecified atom stereocenters. The SMILES string of the molecule is O=S(=O)(C1CCOCC1)N1CCC(Nc2ncccc2C(F)(F)F)CC1. The fourth-order valence-corrected chi connectivity index (χ4v) is 5.31. The highest BCUT2D eigenvalue weighted by molar-refractivity contribution is 7.89. The van der Waals surface area contributed by atoms with Gasteiger partial charge in [0.1, 0.15) is 5.82 Å². The van der Waals surface area contributed by atoms with Crippen molar-refractivity contribution in [2.45, 2.75) is 43.2 Å². The van der Waals surface area contributed by atoms with Crippen molar-refractivity contribution in [3.8, 4) is 0 Å². The summed E-state index contributed by atoms with van der Waals surface area (Å²) in [6.07, 6.45) is -1.31. The summed E-state index contributed by atoms with van der Waals surface area (Å²) in [5, 5.41) is 2.41. The van der Waals surface area contributed by atoms with Gasteiger partial charge in [-0.3, -0.25) is 0 Å². The van der Waals surface area contributed by atoms with E-state index in [4.69, 9.17) is 4.74 Å². The van der Waals surface area contributed by atoms with E-state index in [9.17, 15) is 21.6 Å². The number of rotatable bonds is 4. The summed E-state index contributed by atoms with van der Waals surface area (Å²) in [6, 6.07) is 1.99. The molecule has 2 saturated heterocycles. The van der Waals surface area contributed by atoms with E-state index in [0.29, 0.717) is 52.0 Å². The first-order valence-corrected chi connectivity index (χ1v) is 10.1. The number of aromatic nitrogens is 1. The zero-order chi connectivity index (χ0) is 18.8. The Bertz CT molecular complexity index is 713. The zero-order valence-electron chi connectivity index (χ0n) is 14.2. The number of alkyl halides is 3. The monoisotopic (exact) mass is 393 g/mol. The van der Waals surface area contributed by atoms with E-state index in [-0.39, 0.29) is 11.9 Å². The number of nitrogens with zero attached hydrogens (tertiary/aromatic N) is 2. The predicted molar refractivity (Wildman–Crippen MR) is 90.2 cm³/mol. The average molecular weight is 393 g/mol. The molecule has 1 N–H and O–H groups in total. The minimum Gasteiger partial charge on any atom is -0.381 e. The summed E-state index contributed by atoms with van der Waals surface area (Å²) in [4.78, 5) is 3.80. The van der Waals surface area contributed by atoms with Gasteiger partial charge >= 0.3 is 6.18 Å². The van der Waals surface area contributed by atoms with E-state index < -0.39 is 27.0 Å². The second kappa shape index (κ2) is 7.69. The van der Waals surface area contributed by atoms with E-state index in [1.807, 2.05) is 0 Å². The highest BCUT2D eigenvalue weighted by atomic mass is 32.2. The zero-order valence-corrected chi connectivity index (χ0v) is 15.0.